The zero-order valence-corrected chi connectivity index (χ0v) is 22.9. The SMILES string of the molecule is CCOP(=O)(OCC)C(F)(F)c1ccc(C[C@H](NC(=O)OCC2c3ccccc3-c3ccccc32)C(=O)O)cc1. The van der Waals surface area contributed by atoms with Crippen molar-refractivity contribution < 1.29 is 41.8 Å². The first-order valence-electron chi connectivity index (χ1n) is 12.8. The molecule has 11 heteroatoms. The van der Waals surface area contributed by atoms with Crippen molar-refractivity contribution in [2.45, 2.75) is 37.9 Å². The Morgan fingerprint density at radius 2 is 1.45 bits per heavy atom. The number of carbonyl (C=O) groups is 2. The van der Waals surface area contributed by atoms with Crippen molar-refractivity contribution in [3.63, 3.8) is 0 Å². The molecule has 4 rings (SSSR count). The zero-order valence-electron chi connectivity index (χ0n) is 22.0. The summed E-state index contributed by atoms with van der Waals surface area (Å²) in [6.07, 6.45) is -1.10. The van der Waals surface area contributed by atoms with E-state index < -0.39 is 36.9 Å². The molecule has 0 saturated carbocycles. The average Bonchev–Trinajstić information content (AvgIpc) is 3.25. The van der Waals surface area contributed by atoms with E-state index in [0.717, 1.165) is 34.4 Å². The molecule has 1 aliphatic rings. The summed E-state index contributed by atoms with van der Waals surface area (Å²) in [4.78, 5) is 24.5. The fourth-order valence-electron chi connectivity index (χ4n) is 4.76. The first-order chi connectivity index (χ1) is 19.1. The lowest BCUT2D eigenvalue weighted by Crippen LogP contribution is -2.42. The predicted octanol–water partition coefficient (Wildman–Crippen LogP) is 6.54. The molecule has 0 aromatic heterocycles. The number of aliphatic carboxylic acids is 1. The van der Waals surface area contributed by atoms with E-state index in [1.54, 1.807) is 0 Å². The molecule has 2 N–H and O–H groups in total. The van der Waals surface area contributed by atoms with Crippen molar-refractivity contribution in [2.75, 3.05) is 19.8 Å². The molecule has 0 saturated heterocycles. The third-order valence-electron chi connectivity index (χ3n) is 6.62. The number of amides is 1. The first kappa shape index (κ1) is 29.4. The number of benzene rings is 3. The molecule has 0 aliphatic heterocycles. The monoisotopic (exact) mass is 573 g/mol. The van der Waals surface area contributed by atoms with Crippen LogP contribution in [-0.2, 0) is 35.2 Å². The lowest BCUT2D eigenvalue weighted by Gasteiger charge is -2.26. The minimum atomic E-state index is -4.78. The van der Waals surface area contributed by atoms with Gasteiger partial charge in [0.2, 0.25) is 0 Å². The Kier molecular flexibility index (Phi) is 9.03. The van der Waals surface area contributed by atoms with Crippen LogP contribution >= 0.6 is 7.60 Å². The van der Waals surface area contributed by atoms with Crippen molar-refractivity contribution in [3.8, 4) is 11.1 Å². The number of rotatable bonds is 12. The van der Waals surface area contributed by atoms with E-state index in [4.69, 9.17) is 13.8 Å². The smallest absolute Gasteiger partial charge is 0.407 e. The number of halogens is 2. The van der Waals surface area contributed by atoms with E-state index in [-0.39, 0.29) is 32.2 Å². The topological polar surface area (TPSA) is 111 Å². The highest BCUT2D eigenvalue weighted by atomic mass is 31.2. The van der Waals surface area contributed by atoms with E-state index in [1.165, 1.54) is 26.0 Å². The van der Waals surface area contributed by atoms with Crippen LogP contribution in [0.3, 0.4) is 0 Å². The highest BCUT2D eigenvalue weighted by Gasteiger charge is 2.54. The molecule has 212 valence electrons. The van der Waals surface area contributed by atoms with Gasteiger partial charge in [-0.1, -0.05) is 72.8 Å². The summed E-state index contributed by atoms with van der Waals surface area (Å²) in [5.74, 6) is -1.51. The van der Waals surface area contributed by atoms with Crippen molar-refractivity contribution in [2.24, 2.45) is 0 Å². The lowest BCUT2D eigenvalue weighted by molar-refractivity contribution is -0.139. The molecule has 3 aromatic rings. The van der Waals surface area contributed by atoms with E-state index in [9.17, 15) is 28.0 Å². The van der Waals surface area contributed by atoms with Crippen molar-refractivity contribution in [3.05, 3.63) is 95.1 Å². The van der Waals surface area contributed by atoms with Gasteiger partial charge in [-0.2, -0.15) is 8.78 Å². The number of ether oxygens (including phenoxy) is 1. The second-order valence-corrected chi connectivity index (χ2v) is 11.2. The van der Waals surface area contributed by atoms with Gasteiger partial charge in [-0.15, -0.1) is 0 Å². The van der Waals surface area contributed by atoms with Gasteiger partial charge in [0.1, 0.15) is 12.6 Å². The standard InChI is InChI=1S/C29H30F2NO7P/c1-3-38-40(36,39-4-2)29(30,31)20-15-13-19(14-16-20)17-26(27(33)34)32-28(35)37-18-25-23-11-7-5-9-21(23)22-10-6-8-12-24(22)25/h5-16,25-26H,3-4,17-18H2,1-2H3,(H,32,35)(H,33,34)/t26-/m0/s1. The summed E-state index contributed by atoms with van der Waals surface area (Å²) in [6, 6.07) is 18.9. The van der Waals surface area contributed by atoms with Crippen LogP contribution < -0.4 is 5.32 Å². The summed E-state index contributed by atoms with van der Waals surface area (Å²) >= 11 is 0. The highest BCUT2D eigenvalue weighted by Crippen LogP contribution is 2.66. The predicted molar refractivity (Wildman–Crippen MR) is 145 cm³/mol. The maximum absolute atomic E-state index is 15.0. The van der Waals surface area contributed by atoms with Gasteiger partial charge in [0.25, 0.3) is 0 Å². The minimum absolute atomic E-state index is 0.00962. The molecule has 1 atom stereocenters. The third-order valence-corrected chi connectivity index (χ3v) is 8.76. The molecule has 0 heterocycles. The first-order valence-corrected chi connectivity index (χ1v) is 14.4. The number of carboxylic acid groups (broad SMARTS) is 1. The molecular formula is C29H30F2NO7P. The molecule has 40 heavy (non-hydrogen) atoms. The van der Waals surface area contributed by atoms with Crippen LogP contribution in [0.4, 0.5) is 13.6 Å². The molecule has 0 bridgehead atoms. The summed E-state index contributed by atoms with van der Waals surface area (Å²) in [5, 5.41) is 12.0. The normalized spacial score (nSPS) is 13.8. The summed E-state index contributed by atoms with van der Waals surface area (Å²) in [6.45, 7) is 2.41. The number of alkyl halides is 2. The number of hydrogen-bond acceptors (Lipinski definition) is 6. The third kappa shape index (κ3) is 5.94. The molecule has 8 nitrogen and oxygen atoms in total. The van der Waals surface area contributed by atoms with E-state index in [2.05, 4.69) is 5.32 Å². The Hall–Kier alpha value is -3.59. The number of carbonyl (C=O) groups excluding carboxylic acids is 1. The largest absolute Gasteiger partial charge is 0.480 e. The molecule has 3 aromatic carbocycles. The second-order valence-electron chi connectivity index (χ2n) is 9.14. The van der Waals surface area contributed by atoms with Crippen LogP contribution in [0.2, 0.25) is 0 Å². The van der Waals surface area contributed by atoms with Gasteiger partial charge in [-0.25, -0.2) is 9.59 Å². The number of hydrogen-bond donors (Lipinski definition) is 2. The molecule has 0 fully saturated rings. The minimum Gasteiger partial charge on any atom is -0.480 e. The summed E-state index contributed by atoms with van der Waals surface area (Å²) in [5.41, 5.74) is -0.00969. The fraction of sp³-hybridized carbons (Fsp3) is 0.310. The maximum Gasteiger partial charge on any atom is 0.407 e. The van der Waals surface area contributed by atoms with Gasteiger partial charge in [0.05, 0.1) is 13.2 Å². The van der Waals surface area contributed by atoms with Gasteiger partial charge in [0, 0.05) is 17.9 Å². The van der Waals surface area contributed by atoms with E-state index in [1.807, 2.05) is 48.5 Å². The van der Waals surface area contributed by atoms with Gasteiger partial charge in [0.15, 0.2) is 0 Å². The maximum atomic E-state index is 15.0. The Bertz CT molecular complexity index is 1360. The molecule has 0 radical (unpaired) electrons. The Balaban J connectivity index is 1.41. The molecule has 1 aliphatic carbocycles. The summed E-state index contributed by atoms with van der Waals surface area (Å²) < 4.78 is 57.7. The van der Waals surface area contributed by atoms with Gasteiger partial charge in [-0.3, -0.25) is 4.57 Å². The van der Waals surface area contributed by atoms with Gasteiger partial charge < -0.3 is 24.2 Å². The number of fused-ring (bicyclic) bond motifs is 3. The number of nitrogens with one attached hydrogen (secondary N) is 1. The van der Waals surface area contributed by atoms with Crippen molar-refractivity contribution >= 4 is 19.7 Å². The van der Waals surface area contributed by atoms with Gasteiger partial charge >= 0.3 is 25.3 Å². The van der Waals surface area contributed by atoms with Crippen LogP contribution in [0.25, 0.3) is 11.1 Å². The molecule has 0 unspecified atom stereocenters. The van der Waals surface area contributed by atoms with Crippen LogP contribution in [0.15, 0.2) is 72.8 Å². The van der Waals surface area contributed by atoms with Gasteiger partial charge in [-0.05, 0) is 41.7 Å². The van der Waals surface area contributed by atoms with Crippen LogP contribution in [-0.4, -0.2) is 43.0 Å². The van der Waals surface area contributed by atoms with E-state index >= 15 is 0 Å². The zero-order chi connectivity index (χ0) is 28.9. The summed E-state index contributed by atoms with van der Waals surface area (Å²) in [7, 11) is -4.78. The Morgan fingerprint density at radius 1 is 0.925 bits per heavy atom. The lowest BCUT2D eigenvalue weighted by atomic mass is 9.98. The average molecular weight is 574 g/mol. The quantitative estimate of drug-likeness (QED) is 0.237. The Morgan fingerprint density at radius 3 is 1.95 bits per heavy atom. The fourth-order valence-corrected chi connectivity index (χ4v) is 6.30. The molecule has 1 amide bonds. The highest BCUT2D eigenvalue weighted by molar-refractivity contribution is 7.54. The van der Waals surface area contributed by atoms with Crippen molar-refractivity contribution in [1.29, 1.82) is 0 Å². The number of carboxylic acids is 1. The molecule has 0 spiro atoms. The number of alkyl carbamates (subject to hydrolysis) is 1. The van der Waals surface area contributed by atoms with Crippen LogP contribution in [0, 0.1) is 0 Å². The second kappa shape index (κ2) is 12.3. The van der Waals surface area contributed by atoms with Crippen molar-refractivity contribution in [1.82, 2.24) is 5.32 Å². The Labute approximate surface area is 230 Å². The van der Waals surface area contributed by atoms with Crippen LogP contribution in [0.5, 0.6) is 0 Å². The van der Waals surface area contributed by atoms with E-state index in [0.29, 0.717) is 5.56 Å². The van der Waals surface area contributed by atoms with Crippen LogP contribution in [0.1, 0.15) is 42.0 Å². The molecular weight excluding hydrogens is 543 g/mol.